The first kappa shape index (κ1) is 13.4. The van der Waals surface area contributed by atoms with E-state index in [9.17, 15) is 9.59 Å². The highest BCUT2D eigenvalue weighted by Crippen LogP contribution is 2.25. The quantitative estimate of drug-likeness (QED) is 0.885. The van der Waals surface area contributed by atoms with Crippen molar-refractivity contribution < 1.29 is 14.7 Å². The minimum Gasteiger partial charge on any atom is -0.481 e. The van der Waals surface area contributed by atoms with Crippen LogP contribution in [0.2, 0.25) is 0 Å². The zero-order chi connectivity index (χ0) is 14.0. The molecule has 2 atom stereocenters. The molecule has 0 radical (unpaired) electrons. The number of para-hydroxylation sites is 1. The second-order valence-corrected chi connectivity index (χ2v) is 5.00. The highest BCUT2D eigenvalue weighted by Gasteiger charge is 2.37. The van der Waals surface area contributed by atoms with Crippen molar-refractivity contribution in [2.45, 2.75) is 6.92 Å². The van der Waals surface area contributed by atoms with Crippen LogP contribution in [0.4, 0.5) is 10.5 Å². The summed E-state index contributed by atoms with van der Waals surface area (Å²) in [5.74, 6) is -1.30. The van der Waals surface area contributed by atoms with Crippen LogP contribution in [0.3, 0.4) is 0 Å². The fraction of sp³-hybridized carbons (Fsp3) is 0.429. The predicted octanol–water partition coefficient (Wildman–Crippen LogP) is 1.90. The molecule has 1 saturated heterocycles. The smallest absolute Gasteiger partial charge is 0.324 e. The number of hydrogen-bond acceptors (Lipinski definition) is 2. The number of hydrogen-bond donors (Lipinski definition) is 1. The van der Waals surface area contributed by atoms with Crippen molar-refractivity contribution in [3.63, 3.8) is 0 Å². The van der Waals surface area contributed by atoms with Gasteiger partial charge in [0.15, 0.2) is 0 Å². The molecule has 2 rings (SSSR count). The SMILES string of the molecule is CC1CN(C(=O)N(C)c2ccccc2)CC1C(=O)O. The van der Waals surface area contributed by atoms with E-state index in [1.165, 1.54) is 0 Å². The summed E-state index contributed by atoms with van der Waals surface area (Å²) in [6, 6.07) is 9.18. The number of carbonyl (C=O) groups is 2. The number of rotatable bonds is 2. The van der Waals surface area contributed by atoms with Crippen LogP contribution in [-0.2, 0) is 4.79 Å². The maximum atomic E-state index is 12.3. The molecule has 0 aromatic heterocycles. The van der Waals surface area contributed by atoms with Crippen molar-refractivity contribution in [3.8, 4) is 0 Å². The summed E-state index contributed by atoms with van der Waals surface area (Å²) in [7, 11) is 1.70. The summed E-state index contributed by atoms with van der Waals surface area (Å²) < 4.78 is 0. The molecular formula is C14H18N2O3. The minimum atomic E-state index is -0.829. The van der Waals surface area contributed by atoms with E-state index in [2.05, 4.69) is 0 Å². The minimum absolute atomic E-state index is 0.00868. The number of carbonyl (C=O) groups excluding carboxylic acids is 1. The van der Waals surface area contributed by atoms with E-state index in [1.54, 1.807) is 16.8 Å². The third-order valence-electron chi connectivity index (χ3n) is 3.63. The molecule has 1 aliphatic heterocycles. The van der Waals surface area contributed by atoms with Crippen LogP contribution < -0.4 is 4.90 Å². The molecule has 19 heavy (non-hydrogen) atoms. The Morgan fingerprint density at radius 2 is 1.89 bits per heavy atom. The summed E-state index contributed by atoms with van der Waals surface area (Å²) >= 11 is 0. The molecule has 5 nitrogen and oxygen atoms in total. The molecule has 5 heteroatoms. The van der Waals surface area contributed by atoms with E-state index >= 15 is 0 Å². The molecule has 102 valence electrons. The highest BCUT2D eigenvalue weighted by molar-refractivity contribution is 5.92. The van der Waals surface area contributed by atoms with Gasteiger partial charge in [-0.15, -0.1) is 0 Å². The van der Waals surface area contributed by atoms with Crippen molar-refractivity contribution in [1.29, 1.82) is 0 Å². The number of carboxylic acid groups (broad SMARTS) is 1. The predicted molar refractivity (Wildman–Crippen MR) is 72.1 cm³/mol. The van der Waals surface area contributed by atoms with Gasteiger partial charge in [0.1, 0.15) is 0 Å². The number of nitrogens with zero attached hydrogens (tertiary/aromatic N) is 2. The van der Waals surface area contributed by atoms with Crippen molar-refractivity contribution in [1.82, 2.24) is 4.90 Å². The van der Waals surface area contributed by atoms with Crippen molar-refractivity contribution in [3.05, 3.63) is 30.3 Å². The van der Waals surface area contributed by atoms with E-state index in [1.807, 2.05) is 37.3 Å². The molecule has 1 fully saturated rings. The first-order valence-corrected chi connectivity index (χ1v) is 6.31. The largest absolute Gasteiger partial charge is 0.481 e. The first-order chi connectivity index (χ1) is 9.00. The van der Waals surface area contributed by atoms with Gasteiger partial charge in [0.2, 0.25) is 0 Å². The molecule has 0 bridgehead atoms. The Kier molecular flexibility index (Phi) is 3.74. The molecule has 1 aromatic rings. The van der Waals surface area contributed by atoms with Crippen LogP contribution in [0.5, 0.6) is 0 Å². The van der Waals surface area contributed by atoms with E-state index < -0.39 is 11.9 Å². The van der Waals surface area contributed by atoms with Gasteiger partial charge in [0, 0.05) is 25.8 Å². The summed E-state index contributed by atoms with van der Waals surface area (Å²) in [6.45, 7) is 2.65. The molecular weight excluding hydrogens is 244 g/mol. The molecule has 2 unspecified atom stereocenters. The molecule has 1 N–H and O–H groups in total. The Morgan fingerprint density at radius 1 is 1.26 bits per heavy atom. The lowest BCUT2D eigenvalue weighted by Gasteiger charge is -2.24. The van der Waals surface area contributed by atoms with Crippen LogP contribution in [-0.4, -0.2) is 42.1 Å². The highest BCUT2D eigenvalue weighted by atomic mass is 16.4. The van der Waals surface area contributed by atoms with Gasteiger partial charge in [-0.05, 0) is 18.1 Å². The zero-order valence-corrected chi connectivity index (χ0v) is 11.1. The van der Waals surface area contributed by atoms with Gasteiger partial charge in [-0.1, -0.05) is 25.1 Å². The van der Waals surface area contributed by atoms with Gasteiger partial charge in [0.05, 0.1) is 5.92 Å². The van der Waals surface area contributed by atoms with Crippen LogP contribution in [0.1, 0.15) is 6.92 Å². The number of anilines is 1. The van der Waals surface area contributed by atoms with Gasteiger partial charge in [-0.25, -0.2) is 4.79 Å². The molecule has 2 amide bonds. The van der Waals surface area contributed by atoms with Crippen molar-refractivity contribution in [2.75, 3.05) is 25.0 Å². The number of likely N-dealkylation sites (tertiary alicyclic amines) is 1. The zero-order valence-electron chi connectivity index (χ0n) is 11.1. The third kappa shape index (κ3) is 2.70. The van der Waals surface area contributed by atoms with Gasteiger partial charge in [-0.3, -0.25) is 9.69 Å². The van der Waals surface area contributed by atoms with Crippen molar-refractivity contribution in [2.24, 2.45) is 11.8 Å². The first-order valence-electron chi connectivity index (χ1n) is 6.31. The fourth-order valence-corrected chi connectivity index (χ4v) is 2.42. The van der Waals surface area contributed by atoms with Crippen LogP contribution in [0, 0.1) is 11.8 Å². The molecule has 1 aromatic carbocycles. The normalized spacial score (nSPS) is 22.3. The summed E-state index contributed by atoms with van der Waals surface area (Å²) in [5.41, 5.74) is 0.805. The van der Waals surface area contributed by atoms with E-state index in [0.717, 1.165) is 5.69 Å². The maximum absolute atomic E-state index is 12.3. The number of benzene rings is 1. The van der Waals surface area contributed by atoms with E-state index in [0.29, 0.717) is 6.54 Å². The van der Waals surface area contributed by atoms with E-state index in [4.69, 9.17) is 5.11 Å². The van der Waals surface area contributed by atoms with Gasteiger partial charge in [0.25, 0.3) is 0 Å². The Labute approximate surface area is 112 Å². The Bertz CT molecular complexity index is 475. The number of aliphatic carboxylic acids is 1. The van der Waals surface area contributed by atoms with Gasteiger partial charge < -0.3 is 10.0 Å². The molecule has 0 saturated carbocycles. The summed E-state index contributed by atoms with van der Waals surface area (Å²) in [6.07, 6.45) is 0. The van der Waals surface area contributed by atoms with Crippen LogP contribution >= 0.6 is 0 Å². The average molecular weight is 262 g/mol. The fourth-order valence-electron chi connectivity index (χ4n) is 2.42. The Morgan fingerprint density at radius 3 is 2.42 bits per heavy atom. The van der Waals surface area contributed by atoms with E-state index in [-0.39, 0.29) is 18.5 Å². The second-order valence-electron chi connectivity index (χ2n) is 5.00. The second kappa shape index (κ2) is 5.30. The summed E-state index contributed by atoms with van der Waals surface area (Å²) in [4.78, 5) is 26.5. The summed E-state index contributed by atoms with van der Waals surface area (Å²) in [5, 5.41) is 9.09. The molecule has 1 heterocycles. The molecule has 0 aliphatic carbocycles. The van der Waals surface area contributed by atoms with Crippen LogP contribution in [0.15, 0.2) is 30.3 Å². The monoisotopic (exact) mass is 262 g/mol. The third-order valence-corrected chi connectivity index (χ3v) is 3.63. The number of carboxylic acids is 1. The molecule has 1 aliphatic rings. The average Bonchev–Trinajstić information content (AvgIpc) is 2.80. The lowest BCUT2D eigenvalue weighted by Crippen LogP contribution is -2.40. The van der Waals surface area contributed by atoms with Gasteiger partial charge >= 0.3 is 12.0 Å². The molecule has 0 spiro atoms. The van der Waals surface area contributed by atoms with Crippen molar-refractivity contribution >= 4 is 17.7 Å². The van der Waals surface area contributed by atoms with Gasteiger partial charge in [-0.2, -0.15) is 0 Å². The standard InChI is InChI=1S/C14H18N2O3/c1-10-8-16(9-12(10)13(17)18)14(19)15(2)11-6-4-3-5-7-11/h3-7,10,12H,8-9H2,1-2H3,(H,17,18). The Balaban J connectivity index is 2.07. The number of urea groups is 1. The van der Waals surface area contributed by atoms with Crippen LogP contribution in [0.25, 0.3) is 0 Å². The number of amides is 2. The maximum Gasteiger partial charge on any atom is 0.324 e. The topological polar surface area (TPSA) is 60.9 Å². The lowest BCUT2D eigenvalue weighted by atomic mass is 9.99. The Hall–Kier alpha value is -2.04. The lowest BCUT2D eigenvalue weighted by molar-refractivity contribution is -0.142.